The molecule has 3 saturated carbocycles. The second-order valence-corrected chi connectivity index (χ2v) is 9.42. The summed E-state index contributed by atoms with van der Waals surface area (Å²) in [4.78, 5) is 23.8. The molecule has 0 bridgehead atoms. The number of hydrogen-bond donors (Lipinski definition) is 0. The van der Waals surface area contributed by atoms with Crippen molar-refractivity contribution >= 4 is 11.8 Å². The summed E-state index contributed by atoms with van der Waals surface area (Å²) in [5.41, 5.74) is 1.82. The van der Waals surface area contributed by atoms with Gasteiger partial charge in [0.1, 0.15) is 6.10 Å². The summed E-state index contributed by atoms with van der Waals surface area (Å²) in [5.74, 6) is 2.41. The van der Waals surface area contributed by atoms with Gasteiger partial charge >= 0.3 is 5.97 Å². The number of ether oxygens (including phenoxy) is 1. The van der Waals surface area contributed by atoms with Crippen molar-refractivity contribution in [1.29, 1.82) is 0 Å². The summed E-state index contributed by atoms with van der Waals surface area (Å²) in [6.07, 6.45) is 11.3. The number of carbonyl (C=O) groups excluding carboxylic acids is 2. The molecule has 3 heteroatoms. The lowest BCUT2D eigenvalue weighted by molar-refractivity contribution is -0.159. The first-order chi connectivity index (χ1) is 11.9. The van der Waals surface area contributed by atoms with Gasteiger partial charge < -0.3 is 4.74 Å². The molecule has 0 saturated heterocycles. The van der Waals surface area contributed by atoms with E-state index < -0.39 is 0 Å². The Labute approximate surface area is 151 Å². The zero-order valence-corrected chi connectivity index (χ0v) is 16.0. The summed E-state index contributed by atoms with van der Waals surface area (Å²) < 4.78 is 5.86. The van der Waals surface area contributed by atoms with Crippen LogP contribution in [0.3, 0.4) is 0 Å². The lowest BCUT2D eigenvalue weighted by Gasteiger charge is -2.57. The fraction of sp³-hybridized carbons (Fsp3) is 0.818. The molecule has 0 amide bonds. The Morgan fingerprint density at radius 3 is 2.68 bits per heavy atom. The SMILES string of the molecule is CCC(=O)OC1CCC2C3CCC4=CC(=O)CC[C@]4(C)C3CCC12C. The molecule has 0 aromatic rings. The highest BCUT2D eigenvalue weighted by atomic mass is 16.5. The second-order valence-electron chi connectivity index (χ2n) is 9.42. The number of carbonyl (C=O) groups is 2. The van der Waals surface area contributed by atoms with Crippen LogP contribution in [-0.2, 0) is 14.3 Å². The molecular weight excluding hydrogens is 312 g/mol. The molecule has 0 radical (unpaired) electrons. The Morgan fingerprint density at radius 2 is 1.92 bits per heavy atom. The molecule has 0 N–H and O–H groups in total. The van der Waals surface area contributed by atoms with Gasteiger partial charge in [0.25, 0.3) is 0 Å². The van der Waals surface area contributed by atoms with Crippen LogP contribution in [0.4, 0.5) is 0 Å². The molecule has 0 aliphatic heterocycles. The molecule has 4 rings (SSSR count). The molecule has 138 valence electrons. The fourth-order valence-electron chi connectivity index (χ4n) is 6.95. The molecule has 5 unspecified atom stereocenters. The van der Waals surface area contributed by atoms with E-state index >= 15 is 0 Å². The van der Waals surface area contributed by atoms with Crippen LogP contribution in [-0.4, -0.2) is 17.9 Å². The standard InChI is InChI=1S/C22H32O3/c1-4-20(24)25-19-8-7-17-16-6-5-14-13-15(23)9-11-21(14,2)18(16)10-12-22(17,19)3/h13,16-19H,4-12H2,1-3H3/t16?,17?,18?,19?,21-,22?/m0/s1. The zero-order chi connectivity index (χ0) is 17.8. The minimum absolute atomic E-state index is 0.0411. The van der Waals surface area contributed by atoms with Crippen molar-refractivity contribution in [2.75, 3.05) is 0 Å². The zero-order valence-electron chi connectivity index (χ0n) is 16.0. The van der Waals surface area contributed by atoms with Crippen LogP contribution in [0.1, 0.15) is 78.6 Å². The van der Waals surface area contributed by atoms with Gasteiger partial charge in [-0.15, -0.1) is 0 Å². The molecule has 0 spiro atoms. The molecule has 3 fully saturated rings. The van der Waals surface area contributed by atoms with E-state index in [1.165, 1.54) is 24.8 Å². The van der Waals surface area contributed by atoms with Crippen LogP contribution in [0, 0.1) is 28.6 Å². The van der Waals surface area contributed by atoms with E-state index in [2.05, 4.69) is 13.8 Å². The maximum atomic E-state index is 11.9. The highest BCUT2D eigenvalue weighted by Gasteiger charge is 2.59. The lowest BCUT2D eigenvalue weighted by Crippen LogP contribution is -2.51. The van der Waals surface area contributed by atoms with Gasteiger partial charge in [-0.3, -0.25) is 9.59 Å². The summed E-state index contributed by atoms with van der Waals surface area (Å²) >= 11 is 0. The highest BCUT2D eigenvalue weighted by molar-refractivity contribution is 5.91. The average molecular weight is 344 g/mol. The van der Waals surface area contributed by atoms with Gasteiger partial charge in [-0.05, 0) is 74.2 Å². The monoisotopic (exact) mass is 344 g/mol. The van der Waals surface area contributed by atoms with Crippen LogP contribution in [0.2, 0.25) is 0 Å². The third-order valence-electron chi connectivity index (χ3n) is 8.44. The predicted molar refractivity (Wildman–Crippen MR) is 96.9 cm³/mol. The first-order valence-electron chi connectivity index (χ1n) is 10.3. The van der Waals surface area contributed by atoms with Crippen molar-refractivity contribution in [1.82, 2.24) is 0 Å². The number of rotatable bonds is 2. The largest absolute Gasteiger partial charge is 0.462 e. The van der Waals surface area contributed by atoms with Crippen LogP contribution >= 0.6 is 0 Å². The first-order valence-corrected chi connectivity index (χ1v) is 10.3. The van der Waals surface area contributed by atoms with E-state index in [4.69, 9.17) is 4.74 Å². The molecule has 6 atom stereocenters. The Bertz CT molecular complexity index is 621. The van der Waals surface area contributed by atoms with Crippen LogP contribution in [0.25, 0.3) is 0 Å². The molecule has 3 nitrogen and oxygen atoms in total. The normalized spacial score (nSPS) is 45.9. The first kappa shape index (κ1) is 17.3. The number of ketones is 1. The molecule has 0 heterocycles. The number of hydrogen-bond acceptors (Lipinski definition) is 3. The van der Waals surface area contributed by atoms with E-state index in [9.17, 15) is 9.59 Å². The maximum Gasteiger partial charge on any atom is 0.305 e. The number of esters is 1. The maximum absolute atomic E-state index is 11.9. The Balaban J connectivity index is 1.59. The third kappa shape index (κ3) is 2.52. The van der Waals surface area contributed by atoms with Crippen LogP contribution in [0.15, 0.2) is 11.6 Å². The topological polar surface area (TPSA) is 43.4 Å². The minimum Gasteiger partial charge on any atom is -0.462 e. The van der Waals surface area contributed by atoms with E-state index in [-0.39, 0.29) is 22.9 Å². The Hall–Kier alpha value is -1.12. The molecule has 25 heavy (non-hydrogen) atoms. The van der Waals surface area contributed by atoms with Gasteiger partial charge in [-0.25, -0.2) is 0 Å². The van der Waals surface area contributed by atoms with Gasteiger partial charge in [0.2, 0.25) is 0 Å². The van der Waals surface area contributed by atoms with E-state index in [1.54, 1.807) is 0 Å². The molecule has 4 aliphatic rings. The quantitative estimate of drug-likeness (QED) is 0.673. The van der Waals surface area contributed by atoms with Crippen molar-refractivity contribution < 1.29 is 14.3 Å². The summed E-state index contributed by atoms with van der Waals surface area (Å²) in [6, 6.07) is 0. The summed E-state index contributed by atoms with van der Waals surface area (Å²) in [5, 5.41) is 0. The minimum atomic E-state index is -0.0411. The van der Waals surface area contributed by atoms with Crippen molar-refractivity contribution in [2.24, 2.45) is 28.6 Å². The molecular formula is C22H32O3. The third-order valence-corrected chi connectivity index (χ3v) is 8.44. The smallest absolute Gasteiger partial charge is 0.305 e. The van der Waals surface area contributed by atoms with Gasteiger partial charge in [-0.1, -0.05) is 26.3 Å². The highest BCUT2D eigenvalue weighted by Crippen LogP contribution is 2.65. The summed E-state index contributed by atoms with van der Waals surface area (Å²) in [7, 11) is 0. The van der Waals surface area contributed by atoms with E-state index in [0.29, 0.717) is 24.0 Å². The fourth-order valence-corrected chi connectivity index (χ4v) is 6.95. The molecule has 0 aromatic carbocycles. The lowest BCUT2D eigenvalue weighted by atomic mass is 9.47. The van der Waals surface area contributed by atoms with Crippen molar-refractivity contribution in [3.8, 4) is 0 Å². The average Bonchev–Trinajstić information content (AvgIpc) is 2.92. The van der Waals surface area contributed by atoms with E-state index in [0.717, 1.165) is 38.0 Å². The summed E-state index contributed by atoms with van der Waals surface area (Å²) in [6.45, 7) is 6.69. The van der Waals surface area contributed by atoms with Gasteiger partial charge in [0.05, 0.1) is 0 Å². The molecule has 4 aliphatic carbocycles. The van der Waals surface area contributed by atoms with Crippen LogP contribution in [0.5, 0.6) is 0 Å². The van der Waals surface area contributed by atoms with E-state index in [1.807, 2.05) is 13.0 Å². The van der Waals surface area contributed by atoms with Gasteiger partial charge in [0.15, 0.2) is 5.78 Å². The van der Waals surface area contributed by atoms with Gasteiger partial charge in [0, 0.05) is 18.3 Å². The number of allylic oxidation sites excluding steroid dienone is 1. The van der Waals surface area contributed by atoms with Gasteiger partial charge in [-0.2, -0.15) is 0 Å². The number of fused-ring (bicyclic) bond motifs is 5. The van der Waals surface area contributed by atoms with Crippen LogP contribution < -0.4 is 0 Å². The second kappa shape index (κ2) is 5.96. The molecule has 0 aromatic heterocycles. The van der Waals surface area contributed by atoms with Crippen molar-refractivity contribution in [3.05, 3.63) is 11.6 Å². The van der Waals surface area contributed by atoms with Crippen molar-refractivity contribution in [3.63, 3.8) is 0 Å². The Kier molecular flexibility index (Phi) is 4.12. The van der Waals surface area contributed by atoms with Crippen molar-refractivity contribution in [2.45, 2.75) is 84.7 Å². The Morgan fingerprint density at radius 1 is 1.12 bits per heavy atom. The predicted octanol–water partition coefficient (Wildman–Crippen LogP) is 4.84.